The van der Waals surface area contributed by atoms with Gasteiger partial charge in [0.05, 0.1) is 23.0 Å². The second-order valence-electron chi connectivity index (χ2n) is 4.19. The molecule has 0 amide bonds. The third kappa shape index (κ3) is 2.42. The summed E-state index contributed by atoms with van der Waals surface area (Å²) in [7, 11) is 0. The van der Waals surface area contributed by atoms with Gasteiger partial charge in [-0.2, -0.15) is 5.10 Å². The van der Waals surface area contributed by atoms with Crippen LogP contribution in [0.2, 0.25) is 5.02 Å². The van der Waals surface area contributed by atoms with E-state index in [1.165, 1.54) is 0 Å². The molecule has 0 aliphatic heterocycles. The zero-order valence-corrected chi connectivity index (χ0v) is 11.4. The Hall–Kier alpha value is -1.32. The highest BCUT2D eigenvalue weighted by Gasteiger charge is 2.10. The zero-order chi connectivity index (χ0) is 13.1. The molecule has 0 radical (unpaired) electrons. The van der Waals surface area contributed by atoms with E-state index in [9.17, 15) is 0 Å². The van der Waals surface area contributed by atoms with Crippen LogP contribution in [0.25, 0.3) is 5.69 Å². The third-order valence-corrected chi connectivity index (χ3v) is 3.28. The standard InChI is InChI=1S/C14H17ClN2O/c1-3-11-8-12(4-2)17(16-11)14-6-5-10(9-18)7-13(14)15/h5-8,18H,3-4,9H2,1-2H3. The van der Waals surface area contributed by atoms with Gasteiger partial charge >= 0.3 is 0 Å². The van der Waals surface area contributed by atoms with Crippen molar-refractivity contribution >= 4 is 11.6 Å². The lowest BCUT2D eigenvalue weighted by molar-refractivity contribution is 0.282. The van der Waals surface area contributed by atoms with Crippen molar-refractivity contribution in [1.82, 2.24) is 9.78 Å². The molecular weight excluding hydrogens is 248 g/mol. The van der Waals surface area contributed by atoms with Gasteiger partial charge in [0.1, 0.15) is 0 Å². The Bertz CT molecular complexity index is 549. The van der Waals surface area contributed by atoms with Gasteiger partial charge in [0, 0.05) is 5.69 Å². The number of benzene rings is 1. The molecule has 0 unspecified atom stereocenters. The maximum atomic E-state index is 9.09. The van der Waals surface area contributed by atoms with Crippen LogP contribution in [0.5, 0.6) is 0 Å². The van der Waals surface area contributed by atoms with Crippen molar-refractivity contribution in [3.05, 3.63) is 46.2 Å². The Morgan fingerprint density at radius 1 is 1.22 bits per heavy atom. The number of aromatic nitrogens is 2. The van der Waals surface area contributed by atoms with Crippen LogP contribution in [0, 0.1) is 0 Å². The van der Waals surface area contributed by atoms with Crippen molar-refractivity contribution in [2.75, 3.05) is 0 Å². The molecule has 0 bridgehead atoms. The highest BCUT2D eigenvalue weighted by atomic mass is 35.5. The second kappa shape index (κ2) is 5.55. The van der Waals surface area contributed by atoms with Crippen LogP contribution in [-0.2, 0) is 19.4 Å². The predicted molar refractivity (Wildman–Crippen MR) is 73.3 cm³/mol. The van der Waals surface area contributed by atoms with E-state index < -0.39 is 0 Å². The quantitative estimate of drug-likeness (QED) is 0.921. The number of halogens is 1. The van der Waals surface area contributed by atoms with E-state index in [-0.39, 0.29) is 6.61 Å². The Morgan fingerprint density at radius 3 is 2.56 bits per heavy atom. The van der Waals surface area contributed by atoms with Crippen LogP contribution in [0.3, 0.4) is 0 Å². The SMILES string of the molecule is CCc1cc(CC)n(-c2ccc(CO)cc2Cl)n1. The molecule has 0 spiro atoms. The lowest BCUT2D eigenvalue weighted by atomic mass is 10.2. The molecule has 1 heterocycles. The van der Waals surface area contributed by atoms with Crippen LogP contribution in [0.15, 0.2) is 24.3 Å². The molecular formula is C14H17ClN2O. The summed E-state index contributed by atoms with van der Waals surface area (Å²) in [4.78, 5) is 0. The lowest BCUT2D eigenvalue weighted by Gasteiger charge is -2.09. The summed E-state index contributed by atoms with van der Waals surface area (Å²) < 4.78 is 1.89. The van der Waals surface area contributed by atoms with Crippen molar-refractivity contribution in [3.63, 3.8) is 0 Å². The van der Waals surface area contributed by atoms with Gasteiger partial charge in [0.2, 0.25) is 0 Å². The molecule has 0 saturated carbocycles. The first kappa shape index (κ1) is 13.1. The highest BCUT2D eigenvalue weighted by Crippen LogP contribution is 2.24. The fourth-order valence-electron chi connectivity index (χ4n) is 1.93. The minimum absolute atomic E-state index is 0.0000476. The molecule has 3 nitrogen and oxygen atoms in total. The molecule has 4 heteroatoms. The van der Waals surface area contributed by atoms with Gasteiger partial charge in [-0.3, -0.25) is 0 Å². The molecule has 0 atom stereocenters. The van der Waals surface area contributed by atoms with Gasteiger partial charge in [0.15, 0.2) is 0 Å². The molecule has 1 aromatic carbocycles. The fourth-order valence-corrected chi connectivity index (χ4v) is 2.21. The van der Waals surface area contributed by atoms with Crippen LogP contribution >= 0.6 is 11.6 Å². The first-order chi connectivity index (χ1) is 8.69. The summed E-state index contributed by atoms with van der Waals surface area (Å²) in [6.07, 6.45) is 1.82. The summed E-state index contributed by atoms with van der Waals surface area (Å²) in [6, 6.07) is 7.66. The number of rotatable bonds is 4. The van der Waals surface area contributed by atoms with Gasteiger partial charge in [0.25, 0.3) is 0 Å². The van der Waals surface area contributed by atoms with Crippen molar-refractivity contribution in [2.45, 2.75) is 33.3 Å². The topological polar surface area (TPSA) is 38.0 Å². The first-order valence-corrected chi connectivity index (χ1v) is 6.54. The minimum Gasteiger partial charge on any atom is -0.392 e. The van der Waals surface area contributed by atoms with Crippen LogP contribution < -0.4 is 0 Å². The van der Waals surface area contributed by atoms with E-state index in [2.05, 4.69) is 25.0 Å². The molecule has 2 aromatic rings. The number of aliphatic hydroxyl groups is 1. The molecule has 0 fully saturated rings. The van der Waals surface area contributed by atoms with Crippen molar-refractivity contribution in [2.24, 2.45) is 0 Å². The second-order valence-corrected chi connectivity index (χ2v) is 4.60. The van der Waals surface area contributed by atoms with E-state index >= 15 is 0 Å². The van der Waals surface area contributed by atoms with Crippen LogP contribution in [0.1, 0.15) is 30.8 Å². The summed E-state index contributed by atoms with van der Waals surface area (Å²) in [5, 5.41) is 14.3. The van der Waals surface area contributed by atoms with Gasteiger partial charge in [-0.05, 0) is 36.6 Å². The van der Waals surface area contributed by atoms with Gasteiger partial charge in [-0.15, -0.1) is 0 Å². The number of aryl methyl sites for hydroxylation is 2. The predicted octanol–water partition coefficient (Wildman–Crippen LogP) is 3.14. The minimum atomic E-state index is -0.0000476. The maximum Gasteiger partial charge on any atom is 0.0835 e. The average molecular weight is 265 g/mol. The van der Waals surface area contributed by atoms with Gasteiger partial charge < -0.3 is 5.11 Å². The number of hydrogen-bond donors (Lipinski definition) is 1. The third-order valence-electron chi connectivity index (χ3n) is 2.98. The summed E-state index contributed by atoms with van der Waals surface area (Å²) in [5.74, 6) is 0. The molecule has 1 aromatic heterocycles. The van der Waals surface area contributed by atoms with Crippen molar-refractivity contribution in [1.29, 1.82) is 0 Å². The molecule has 0 aliphatic rings. The highest BCUT2D eigenvalue weighted by molar-refractivity contribution is 6.32. The van der Waals surface area contributed by atoms with E-state index in [0.29, 0.717) is 5.02 Å². The van der Waals surface area contributed by atoms with E-state index in [1.54, 1.807) is 6.07 Å². The molecule has 0 saturated heterocycles. The number of hydrogen-bond acceptors (Lipinski definition) is 2. The van der Waals surface area contributed by atoms with Crippen molar-refractivity contribution in [3.8, 4) is 5.69 Å². The fraction of sp³-hybridized carbons (Fsp3) is 0.357. The Kier molecular flexibility index (Phi) is 4.04. The normalized spacial score (nSPS) is 10.9. The van der Waals surface area contributed by atoms with Crippen LogP contribution in [-0.4, -0.2) is 14.9 Å². The number of aliphatic hydroxyl groups excluding tert-OH is 1. The maximum absolute atomic E-state index is 9.09. The van der Waals surface area contributed by atoms with E-state index in [0.717, 1.165) is 35.5 Å². The molecule has 96 valence electrons. The van der Waals surface area contributed by atoms with Gasteiger partial charge in [-0.1, -0.05) is 31.5 Å². The largest absolute Gasteiger partial charge is 0.392 e. The monoisotopic (exact) mass is 264 g/mol. The number of nitrogens with zero attached hydrogens (tertiary/aromatic N) is 2. The molecule has 18 heavy (non-hydrogen) atoms. The smallest absolute Gasteiger partial charge is 0.0835 e. The van der Waals surface area contributed by atoms with E-state index in [1.807, 2.05) is 16.8 Å². The summed E-state index contributed by atoms with van der Waals surface area (Å²) in [5.41, 5.74) is 3.88. The van der Waals surface area contributed by atoms with E-state index in [4.69, 9.17) is 16.7 Å². The Morgan fingerprint density at radius 2 is 2.00 bits per heavy atom. The summed E-state index contributed by atoms with van der Waals surface area (Å²) >= 11 is 6.25. The molecule has 0 aliphatic carbocycles. The molecule has 1 N–H and O–H groups in total. The van der Waals surface area contributed by atoms with Gasteiger partial charge in [-0.25, -0.2) is 4.68 Å². The lowest BCUT2D eigenvalue weighted by Crippen LogP contribution is -2.03. The van der Waals surface area contributed by atoms with Crippen LogP contribution in [0.4, 0.5) is 0 Å². The first-order valence-electron chi connectivity index (χ1n) is 6.17. The zero-order valence-electron chi connectivity index (χ0n) is 10.7. The summed E-state index contributed by atoms with van der Waals surface area (Å²) in [6.45, 7) is 4.19. The average Bonchev–Trinajstić information content (AvgIpc) is 2.81. The Balaban J connectivity index is 2.50. The molecule has 2 rings (SSSR count). The Labute approximate surface area is 112 Å². The van der Waals surface area contributed by atoms with Crippen molar-refractivity contribution < 1.29 is 5.11 Å².